The molecule has 2 heterocycles. The molecule has 0 bridgehead atoms. The van der Waals surface area contributed by atoms with Crippen LogP contribution in [0.1, 0.15) is 31.9 Å². The van der Waals surface area contributed by atoms with E-state index in [1.165, 1.54) is 4.31 Å². The standard InChI is InChI=1S/C14H24N2O4S/c1-12(4-5-14-3-2-10-20-14)15-21(18,19)16-8-6-13(11-17)7-9-16/h2-3,10,12-13,15,17H,4-9,11H2,1H3. The predicted molar refractivity (Wildman–Crippen MR) is 79.9 cm³/mol. The highest BCUT2D eigenvalue weighted by Crippen LogP contribution is 2.18. The van der Waals surface area contributed by atoms with Crippen LogP contribution in [0.2, 0.25) is 0 Å². The molecular formula is C14H24N2O4S. The lowest BCUT2D eigenvalue weighted by Gasteiger charge is -2.31. The van der Waals surface area contributed by atoms with Gasteiger partial charge in [-0.25, -0.2) is 0 Å². The lowest BCUT2D eigenvalue weighted by molar-refractivity contribution is 0.169. The Morgan fingerprint density at radius 1 is 1.48 bits per heavy atom. The van der Waals surface area contributed by atoms with E-state index in [0.717, 1.165) is 18.6 Å². The highest BCUT2D eigenvalue weighted by Gasteiger charge is 2.28. The normalized spacial score (nSPS) is 19.7. The minimum absolute atomic E-state index is 0.140. The van der Waals surface area contributed by atoms with E-state index in [-0.39, 0.29) is 18.6 Å². The third-order valence-corrected chi connectivity index (χ3v) is 5.67. The van der Waals surface area contributed by atoms with Gasteiger partial charge >= 0.3 is 0 Å². The van der Waals surface area contributed by atoms with Gasteiger partial charge in [-0.05, 0) is 44.2 Å². The average Bonchev–Trinajstić information content (AvgIpc) is 2.98. The summed E-state index contributed by atoms with van der Waals surface area (Å²) >= 11 is 0. The summed E-state index contributed by atoms with van der Waals surface area (Å²) in [5.41, 5.74) is 0. The minimum Gasteiger partial charge on any atom is -0.469 e. The van der Waals surface area contributed by atoms with Gasteiger partial charge in [0.2, 0.25) is 0 Å². The fourth-order valence-electron chi connectivity index (χ4n) is 2.53. The van der Waals surface area contributed by atoms with Gasteiger partial charge in [-0.15, -0.1) is 0 Å². The third-order valence-electron chi connectivity index (χ3n) is 3.93. The molecule has 2 rings (SSSR count). The Labute approximate surface area is 126 Å². The molecule has 1 aliphatic heterocycles. The van der Waals surface area contributed by atoms with Crippen molar-refractivity contribution in [2.24, 2.45) is 5.92 Å². The Morgan fingerprint density at radius 3 is 2.76 bits per heavy atom. The van der Waals surface area contributed by atoms with Gasteiger partial charge in [0.25, 0.3) is 10.2 Å². The lowest BCUT2D eigenvalue weighted by atomic mass is 10.00. The van der Waals surface area contributed by atoms with Crippen molar-refractivity contribution in [1.82, 2.24) is 9.03 Å². The summed E-state index contributed by atoms with van der Waals surface area (Å²) in [4.78, 5) is 0. The topological polar surface area (TPSA) is 82.8 Å². The van der Waals surface area contributed by atoms with Crippen LogP contribution >= 0.6 is 0 Å². The molecule has 0 aliphatic carbocycles. The van der Waals surface area contributed by atoms with Crippen LogP contribution in [0.3, 0.4) is 0 Å². The number of furan rings is 1. The maximum Gasteiger partial charge on any atom is 0.279 e. The van der Waals surface area contributed by atoms with Crippen LogP contribution in [0.5, 0.6) is 0 Å². The van der Waals surface area contributed by atoms with Crippen LogP contribution in [-0.4, -0.2) is 43.6 Å². The third kappa shape index (κ3) is 4.81. The molecule has 1 atom stereocenters. The zero-order valence-electron chi connectivity index (χ0n) is 12.4. The van der Waals surface area contributed by atoms with Crippen LogP contribution in [-0.2, 0) is 16.6 Å². The number of hydrogen-bond acceptors (Lipinski definition) is 4. The summed E-state index contributed by atoms with van der Waals surface area (Å²) in [5, 5.41) is 9.09. The summed E-state index contributed by atoms with van der Waals surface area (Å²) in [7, 11) is -3.43. The zero-order chi connectivity index (χ0) is 15.3. The maximum atomic E-state index is 12.3. The molecule has 1 aromatic rings. The van der Waals surface area contributed by atoms with E-state index in [4.69, 9.17) is 9.52 Å². The van der Waals surface area contributed by atoms with Gasteiger partial charge in [0, 0.05) is 32.2 Å². The Bertz CT molecular complexity index is 507. The molecule has 0 amide bonds. The summed E-state index contributed by atoms with van der Waals surface area (Å²) in [6.07, 6.45) is 4.47. The fourth-order valence-corrected chi connectivity index (χ4v) is 4.00. The maximum absolute atomic E-state index is 12.3. The second-order valence-corrected chi connectivity index (χ2v) is 7.37. The summed E-state index contributed by atoms with van der Waals surface area (Å²) in [6, 6.07) is 3.58. The molecule has 6 nitrogen and oxygen atoms in total. The molecule has 0 radical (unpaired) electrons. The quantitative estimate of drug-likeness (QED) is 0.790. The molecule has 120 valence electrons. The molecular weight excluding hydrogens is 292 g/mol. The number of hydrogen-bond donors (Lipinski definition) is 2. The number of nitrogens with zero attached hydrogens (tertiary/aromatic N) is 1. The van der Waals surface area contributed by atoms with Gasteiger partial charge in [-0.2, -0.15) is 17.4 Å². The number of aliphatic hydroxyl groups is 1. The van der Waals surface area contributed by atoms with Crippen molar-refractivity contribution in [3.63, 3.8) is 0 Å². The lowest BCUT2D eigenvalue weighted by Crippen LogP contribution is -2.48. The summed E-state index contributed by atoms with van der Waals surface area (Å²) in [5.74, 6) is 1.10. The fraction of sp³-hybridized carbons (Fsp3) is 0.714. The van der Waals surface area contributed by atoms with Crippen LogP contribution in [0.4, 0.5) is 0 Å². The van der Waals surface area contributed by atoms with Crippen molar-refractivity contribution < 1.29 is 17.9 Å². The number of aryl methyl sites for hydroxylation is 1. The number of aliphatic hydroxyl groups excluding tert-OH is 1. The van der Waals surface area contributed by atoms with Crippen LogP contribution in [0.25, 0.3) is 0 Å². The molecule has 21 heavy (non-hydrogen) atoms. The number of nitrogens with one attached hydrogen (secondary N) is 1. The SMILES string of the molecule is CC(CCc1ccco1)NS(=O)(=O)N1CCC(CO)CC1. The first-order valence-electron chi connectivity index (χ1n) is 7.42. The summed E-state index contributed by atoms with van der Waals surface area (Å²) < 4.78 is 34.0. The first-order chi connectivity index (χ1) is 10.0. The van der Waals surface area contributed by atoms with Gasteiger partial charge in [-0.1, -0.05) is 0 Å². The van der Waals surface area contributed by atoms with Crippen LogP contribution in [0.15, 0.2) is 22.8 Å². The van der Waals surface area contributed by atoms with E-state index in [2.05, 4.69) is 4.72 Å². The van der Waals surface area contributed by atoms with E-state index in [1.54, 1.807) is 6.26 Å². The van der Waals surface area contributed by atoms with E-state index >= 15 is 0 Å². The molecule has 7 heteroatoms. The number of piperidine rings is 1. The van der Waals surface area contributed by atoms with E-state index in [0.29, 0.717) is 25.9 Å². The molecule has 1 saturated heterocycles. The monoisotopic (exact) mass is 316 g/mol. The Hall–Kier alpha value is -0.890. The van der Waals surface area contributed by atoms with Crippen LogP contribution in [0, 0.1) is 5.92 Å². The second kappa shape index (κ2) is 7.40. The molecule has 1 aromatic heterocycles. The van der Waals surface area contributed by atoms with Crippen LogP contribution < -0.4 is 4.72 Å². The van der Waals surface area contributed by atoms with Crippen molar-refractivity contribution in [2.45, 2.75) is 38.6 Å². The first-order valence-corrected chi connectivity index (χ1v) is 8.86. The highest BCUT2D eigenvalue weighted by molar-refractivity contribution is 7.87. The van der Waals surface area contributed by atoms with Crippen molar-refractivity contribution in [1.29, 1.82) is 0 Å². The second-order valence-electron chi connectivity index (χ2n) is 5.67. The van der Waals surface area contributed by atoms with Crippen molar-refractivity contribution >= 4 is 10.2 Å². The van der Waals surface area contributed by atoms with Crippen molar-refractivity contribution in [3.8, 4) is 0 Å². The van der Waals surface area contributed by atoms with E-state index in [1.807, 2.05) is 19.1 Å². The van der Waals surface area contributed by atoms with Gasteiger partial charge in [0.05, 0.1) is 6.26 Å². The minimum atomic E-state index is -3.43. The van der Waals surface area contributed by atoms with Gasteiger partial charge in [0.1, 0.15) is 5.76 Å². The van der Waals surface area contributed by atoms with Gasteiger partial charge < -0.3 is 9.52 Å². The Kier molecular flexibility index (Phi) is 5.80. The van der Waals surface area contributed by atoms with E-state index in [9.17, 15) is 8.42 Å². The molecule has 1 aliphatic rings. The highest BCUT2D eigenvalue weighted by atomic mass is 32.2. The molecule has 1 unspecified atom stereocenters. The molecule has 1 fully saturated rings. The zero-order valence-corrected chi connectivity index (χ0v) is 13.2. The number of rotatable bonds is 7. The van der Waals surface area contributed by atoms with Crippen molar-refractivity contribution in [2.75, 3.05) is 19.7 Å². The molecule has 0 saturated carbocycles. The molecule has 2 N–H and O–H groups in total. The molecule has 0 spiro atoms. The van der Waals surface area contributed by atoms with Gasteiger partial charge in [-0.3, -0.25) is 0 Å². The van der Waals surface area contributed by atoms with Gasteiger partial charge in [0.15, 0.2) is 0 Å². The Balaban J connectivity index is 1.80. The Morgan fingerprint density at radius 2 is 2.19 bits per heavy atom. The summed E-state index contributed by atoms with van der Waals surface area (Å²) in [6.45, 7) is 2.96. The predicted octanol–water partition coefficient (Wildman–Crippen LogP) is 1.14. The largest absolute Gasteiger partial charge is 0.469 e. The molecule has 0 aromatic carbocycles. The van der Waals surface area contributed by atoms with E-state index < -0.39 is 10.2 Å². The average molecular weight is 316 g/mol. The smallest absolute Gasteiger partial charge is 0.279 e. The van der Waals surface area contributed by atoms with Crippen molar-refractivity contribution in [3.05, 3.63) is 24.2 Å². The first kappa shape index (κ1) is 16.5.